The molecule has 0 heterocycles. The number of nitrogens with zero attached hydrogens (tertiary/aromatic N) is 1. The molecular formula is C21H25NO5. The first-order valence-corrected chi connectivity index (χ1v) is 8.63. The quantitative estimate of drug-likeness (QED) is 0.667. The van der Waals surface area contributed by atoms with E-state index in [0.29, 0.717) is 17.9 Å². The molecule has 0 aliphatic carbocycles. The number of amides is 1. The van der Waals surface area contributed by atoms with E-state index in [-0.39, 0.29) is 18.4 Å². The van der Waals surface area contributed by atoms with Crippen LogP contribution >= 0.6 is 0 Å². The predicted octanol–water partition coefficient (Wildman–Crippen LogP) is 3.16. The van der Waals surface area contributed by atoms with E-state index >= 15 is 0 Å². The Labute approximate surface area is 159 Å². The molecule has 0 spiro atoms. The Balaban J connectivity index is 2.30. The van der Waals surface area contributed by atoms with Gasteiger partial charge in [0.05, 0.1) is 32.8 Å². The Morgan fingerprint density at radius 3 is 2.22 bits per heavy atom. The van der Waals surface area contributed by atoms with Crippen LogP contribution < -0.4 is 9.47 Å². The van der Waals surface area contributed by atoms with Crippen molar-refractivity contribution in [3.05, 3.63) is 59.7 Å². The van der Waals surface area contributed by atoms with Crippen molar-refractivity contribution >= 4 is 11.9 Å². The number of para-hydroxylation sites is 1. The molecule has 1 atom stereocenters. The van der Waals surface area contributed by atoms with Gasteiger partial charge in [-0.1, -0.05) is 31.2 Å². The molecule has 0 aliphatic rings. The first-order chi connectivity index (χ1) is 13.0. The first kappa shape index (κ1) is 20.3. The van der Waals surface area contributed by atoms with E-state index in [2.05, 4.69) is 0 Å². The lowest BCUT2D eigenvalue weighted by Gasteiger charge is -2.26. The SMILES string of the molecule is COC(=O)C(C)CN(Cc1ccc(OC)cc1)C(=O)c1ccccc1OC. The number of methoxy groups -OCH3 is 3. The van der Waals surface area contributed by atoms with Gasteiger partial charge in [0, 0.05) is 13.1 Å². The molecule has 1 amide bonds. The maximum atomic E-state index is 13.2. The molecule has 0 N–H and O–H groups in total. The van der Waals surface area contributed by atoms with Gasteiger partial charge in [0.1, 0.15) is 11.5 Å². The summed E-state index contributed by atoms with van der Waals surface area (Å²) in [4.78, 5) is 26.7. The topological polar surface area (TPSA) is 65.1 Å². The average Bonchev–Trinajstić information content (AvgIpc) is 2.72. The Bertz CT molecular complexity index is 772. The minimum absolute atomic E-state index is 0.209. The highest BCUT2D eigenvalue weighted by atomic mass is 16.5. The molecule has 0 saturated heterocycles. The number of rotatable bonds is 8. The molecule has 144 valence electrons. The number of hydrogen-bond donors (Lipinski definition) is 0. The third-order valence-electron chi connectivity index (χ3n) is 4.25. The summed E-state index contributed by atoms with van der Waals surface area (Å²) in [6, 6.07) is 14.5. The van der Waals surface area contributed by atoms with E-state index in [1.54, 1.807) is 43.2 Å². The maximum absolute atomic E-state index is 13.2. The van der Waals surface area contributed by atoms with Crippen LogP contribution in [-0.2, 0) is 16.1 Å². The Morgan fingerprint density at radius 2 is 1.63 bits per heavy atom. The van der Waals surface area contributed by atoms with Crippen molar-refractivity contribution in [2.75, 3.05) is 27.9 Å². The lowest BCUT2D eigenvalue weighted by Crippen LogP contribution is -2.37. The molecule has 27 heavy (non-hydrogen) atoms. The van der Waals surface area contributed by atoms with Crippen LogP contribution in [0.1, 0.15) is 22.8 Å². The van der Waals surface area contributed by atoms with E-state index < -0.39 is 5.92 Å². The van der Waals surface area contributed by atoms with Crippen LogP contribution in [0.15, 0.2) is 48.5 Å². The molecule has 0 aliphatic heterocycles. The highest BCUT2D eigenvalue weighted by molar-refractivity contribution is 5.97. The lowest BCUT2D eigenvalue weighted by molar-refractivity contribution is -0.145. The van der Waals surface area contributed by atoms with Crippen LogP contribution in [0.5, 0.6) is 11.5 Å². The zero-order valence-corrected chi connectivity index (χ0v) is 16.1. The number of carbonyl (C=O) groups excluding carboxylic acids is 2. The van der Waals surface area contributed by atoms with Gasteiger partial charge in [-0.3, -0.25) is 9.59 Å². The van der Waals surface area contributed by atoms with Crippen LogP contribution in [0.4, 0.5) is 0 Å². The van der Waals surface area contributed by atoms with Gasteiger partial charge >= 0.3 is 5.97 Å². The predicted molar refractivity (Wildman–Crippen MR) is 102 cm³/mol. The van der Waals surface area contributed by atoms with Gasteiger partial charge in [0.2, 0.25) is 0 Å². The number of carbonyl (C=O) groups is 2. The summed E-state index contributed by atoms with van der Waals surface area (Å²) in [6.45, 7) is 2.32. The molecule has 2 aromatic rings. The average molecular weight is 371 g/mol. The number of esters is 1. The second-order valence-electron chi connectivity index (χ2n) is 6.16. The number of hydrogen-bond acceptors (Lipinski definition) is 5. The first-order valence-electron chi connectivity index (χ1n) is 8.63. The summed E-state index contributed by atoms with van der Waals surface area (Å²) in [5.74, 6) is 0.214. The Hall–Kier alpha value is -3.02. The van der Waals surface area contributed by atoms with Gasteiger partial charge < -0.3 is 19.1 Å². The monoisotopic (exact) mass is 371 g/mol. The van der Waals surface area contributed by atoms with Crippen LogP contribution in [0.25, 0.3) is 0 Å². The van der Waals surface area contributed by atoms with Crippen molar-refractivity contribution < 1.29 is 23.8 Å². The van der Waals surface area contributed by atoms with Crippen LogP contribution in [0.2, 0.25) is 0 Å². The summed E-state index contributed by atoms with van der Waals surface area (Å²) in [6.07, 6.45) is 0. The molecule has 6 nitrogen and oxygen atoms in total. The van der Waals surface area contributed by atoms with Crippen molar-refractivity contribution in [1.82, 2.24) is 4.90 Å². The van der Waals surface area contributed by atoms with Crippen molar-refractivity contribution in [3.8, 4) is 11.5 Å². The summed E-state index contributed by atoms with van der Waals surface area (Å²) in [5.41, 5.74) is 1.38. The molecular weight excluding hydrogens is 346 g/mol. The molecule has 0 saturated carbocycles. The van der Waals surface area contributed by atoms with E-state index in [0.717, 1.165) is 11.3 Å². The summed E-state index contributed by atoms with van der Waals surface area (Å²) < 4.78 is 15.3. The minimum atomic E-state index is -0.452. The molecule has 0 fully saturated rings. The molecule has 1 unspecified atom stereocenters. The van der Waals surface area contributed by atoms with Gasteiger partial charge in [-0.15, -0.1) is 0 Å². The Morgan fingerprint density at radius 1 is 0.963 bits per heavy atom. The fourth-order valence-corrected chi connectivity index (χ4v) is 2.77. The standard InChI is InChI=1S/C21H25NO5/c1-15(21(24)27-4)13-22(14-16-9-11-17(25-2)12-10-16)20(23)18-7-5-6-8-19(18)26-3/h5-12,15H,13-14H2,1-4H3. The van der Waals surface area contributed by atoms with Gasteiger partial charge in [0.15, 0.2) is 0 Å². The lowest BCUT2D eigenvalue weighted by atomic mass is 10.1. The fourth-order valence-electron chi connectivity index (χ4n) is 2.77. The number of ether oxygens (including phenoxy) is 3. The third kappa shape index (κ3) is 5.23. The smallest absolute Gasteiger partial charge is 0.310 e. The number of benzene rings is 2. The van der Waals surface area contributed by atoms with Gasteiger partial charge in [0.25, 0.3) is 5.91 Å². The van der Waals surface area contributed by atoms with Crippen molar-refractivity contribution in [2.24, 2.45) is 5.92 Å². The molecule has 2 aromatic carbocycles. The summed E-state index contributed by atoms with van der Waals surface area (Å²) >= 11 is 0. The molecule has 2 rings (SSSR count). The molecule has 0 bridgehead atoms. The second-order valence-corrected chi connectivity index (χ2v) is 6.16. The second kappa shape index (κ2) is 9.62. The van der Waals surface area contributed by atoms with E-state index in [1.165, 1.54) is 14.2 Å². The highest BCUT2D eigenvalue weighted by Crippen LogP contribution is 2.22. The molecule has 0 aromatic heterocycles. The molecule has 0 radical (unpaired) electrons. The van der Waals surface area contributed by atoms with Gasteiger partial charge in [-0.2, -0.15) is 0 Å². The Kier molecular flexibility index (Phi) is 7.23. The molecule has 6 heteroatoms. The van der Waals surface area contributed by atoms with Crippen LogP contribution in [-0.4, -0.2) is 44.7 Å². The summed E-state index contributed by atoms with van der Waals surface area (Å²) in [5, 5.41) is 0. The van der Waals surface area contributed by atoms with E-state index in [4.69, 9.17) is 14.2 Å². The normalized spacial score (nSPS) is 11.4. The maximum Gasteiger partial charge on any atom is 0.310 e. The van der Waals surface area contributed by atoms with Gasteiger partial charge in [-0.05, 0) is 29.8 Å². The zero-order chi connectivity index (χ0) is 19.8. The van der Waals surface area contributed by atoms with E-state index in [1.807, 2.05) is 24.3 Å². The highest BCUT2D eigenvalue weighted by Gasteiger charge is 2.24. The fraction of sp³-hybridized carbons (Fsp3) is 0.333. The van der Waals surface area contributed by atoms with Crippen molar-refractivity contribution in [3.63, 3.8) is 0 Å². The minimum Gasteiger partial charge on any atom is -0.497 e. The van der Waals surface area contributed by atoms with Crippen LogP contribution in [0.3, 0.4) is 0 Å². The van der Waals surface area contributed by atoms with Crippen molar-refractivity contribution in [2.45, 2.75) is 13.5 Å². The third-order valence-corrected chi connectivity index (χ3v) is 4.25. The van der Waals surface area contributed by atoms with E-state index in [9.17, 15) is 9.59 Å². The summed E-state index contributed by atoms with van der Waals surface area (Å²) in [7, 11) is 4.47. The largest absolute Gasteiger partial charge is 0.497 e. The van der Waals surface area contributed by atoms with Crippen molar-refractivity contribution in [1.29, 1.82) is 0 Å². The van der Waals surface area contributed by atoms with Gasteiger partial charge in [-0.25, -0.2) is 0 Å². The zero-order valence-electron chi connectivity index (χ0n) is 16.1. The van der Waals surface area contributed by atoms with Crippen LogP contribution in [0, 0.1) is 5.92 Å².